The number of benzene rings is 2. The lowest BCUT2D eigenvalue weighted by Gasteiger charge is -2.09. The predicted octanol–water partition coefficient (Wildman–Crippen LogP) is 3.38. The Bertz CT molecular complexity index is 866. The molecule has 0 spiro atoms. The first-order valence-electron chi connectivity index (χ1n) is 7.61. The lowest BCUT2D eigenvalue weighted by Crippen LogP contribution is -2.00. The summed E-state index contributed by atoms with van der Waals surface area (Å²) in [5, 5.41) is 2.05. The number of rotatable bonds is 6. The molecule has 0 saturated carbocycles. The molecule has 0 fully saturated rings. The van der Waals surface area contributed by atoms with E-state index in [0.29, 0.717) is 13.0 Å². The third-order valence-electron chi connectivity index (χ3n) is 4.11. The fourth-order valence-corrected chi connectivity index (χ4v) is 3.55. The minimum Gasteiger partial charge on any atom is -0.497 e. The Morgan fingerprint density at radius 1 is 0.958 bits per heavy atom. The van der Waals surface area contributed by atoms with E-state index in [1.807, 2.05) is 36.4 Å². The van der Waals surface area contributed by atoms with Crippen molar-refractivity contribution in [1.82, 2.24) is 4.57 Å². The average molecular weight is 349 g/mol. The molecule has 7 heteroatoms. The largest absolute Gasteiger partial charge is 0.497 e. The molecule has 6 nitrogen and oxygen atoms in total. The Morgan fingerprint density at radius 2 is 1.46 bits per heavy atom. The van der Waals surface area contributed by atoms with Gasteiger partial charge in [-0.2, -0.15) is 0 Å². The number of hydrogen-bond donors (Lipinski definition) is 2. The van der Waals surface area contributed by atoms with Gasteiger partial charge >= 0.3 is 7.60 Å². The van der Waals surface area contributed by atoms with Crippen LogP contribution < -0.4 is 9.47 Å². The maximum atomic E-state index is 11.1. The molecule has 0 saturated heterocycles. The van der Waals surface area contributed by atoms with Gasteiger partial charge in [-0.15, -0.1) is 0 Å². The number of aryl methyl sites for hydroxylation is 1. The lowest BCUT2D eigenvalue weighted by molar-refractivity contribution is 0.370. The van der Waals surface area contributed by atoms with Crippen LogP contribution in [0.2, 0.25) is 0 Å². The molecule has 3 rings (SSSR count). The highest BCUT2D eigenvalue weighted by atomic mass is 31.2. The second kappa shape index (κ2) is 6.48. The molecule has 1 aromatic heterocycles. The van der Waals surface area contributed by atoms with E-state index >= 15 is 0 Å². The Morgan fingerprint density at radius 3 is 1.88 bits per heavy atom. The normalized spacial score (nSPS) is 12.0. The standard InChI is InChI=1S/C17H20NO5P/c1-22-12-4-6-16-14(10-12)15-11-13(23-2)5-7-17(15)18(16)8-3-9-24(19,20)21/h4-7,10-11H,3,8-9H2,1-2H3,(H2,19,20,21). The summed E-state index contributed by atoms with van der Waals surface area (Å²) >= 11 is 0. The topological polar surface area (TPSA) is 80.9 Å². The zero-order valence-corrected chi connectivity index (χ0v) is 14.5. The minimum atomic E-state index is -3.98. The van der Waals surface area contributed by atoms with Crippen molar-refractivity contribution in [3.8, 4) is 11.5 Å². The van der Waals surface area contributed by atoms with Gasteiger partial charge in [0, 0.05) is 28.4 Å². The van der Waals surface area contributed by atoms with Crippen LogP contribution in [0.25, 0.3) is 21.8 Å². The van der Waals surface area contributed by atoms with Gasteiger partial charge in [-0.1, -0.05) is 0 Å². The van der Waals surface area contributed by atoms with Crippen molar-refractivity contribution >= 4 is 29.4 Å². The SMILES string of the molecule is COc1ccc2c(c1)c1cc(OC)ccc1n2CCCP(=O)(O)O. The smallest absolute Gasteiger partial charge is 0.325 e. The van der Waals surface area contributed by atoms with E-state index in [4.69, 9.17) is 19.3 Å². The number of fused-ring (bicyclic) bond motifs is 3. The van der Waals surface area contributed by atoms with Crippen LogP contribution in [0.3, 0.4) is 0 Å². The van der Waals surface area contributed by atoms with Crippen molar-refractivity contribution in [2.75, 3.05) is 20.4 Å². The van der Waals surface area contributed by atoms with Crippen LogP contribution in [0.5, 0.6) is 11.5 Å². The Kier molecular flexibility index (Phi) is 4.54. The van der Waals surface area contributed by atoms with Crippen LogP contribution in [-0.2, 0) is 11.1 Å². The van der Waals surface area contributed by atoms with E-state index in [0.717, 1.165) is 33.3 Å². The summed E-state index contributed by atoms with van der Waals surface area (Å²) in [4.78, 5) is 18.2. The fraction of sp³-hybridized carbons (Fsp3) is 0.294. The maximum absolute atomic E-state index is 11.1. The first-order valence-corrected chi connectivity index (χ1v) is 9.41. The highest BCUT2D eigenvalue weighted by Gasteiger charge is 2.15. The van der Waals surface area contributed by atoms with E-state index in [1.54, 1.807) is 14.2 Å². The number of ether oxygens (including phenoxy) is 2. The average Bonchev–Trinajstić information content (AvgIpc) is 2.86. The van der Waals surface area contributed by atoms with Crippen LogP contribution in [0.4, 0.5) is 0 Å². The molecule has 0 amide bonds. The summed E-state index contributed by atoms with van der Waals surface area (Å²) in [6.45, 7) is 0.532. The zero-order chi connectivity index (χ0) is 17.3. The van der Waals surface area contributed by atoms with Gasteiger partial charge in [0.1, 0.15) is 11.5 Å². The molecule has 24 heavy (non-hydrogen) atoms. The molecular formula is C17H20NO5P. The van der Waals surface area contributed by atoms with E-state index in [1.165, 1.54) is 0 Å². The Balaban J connectivity index is 2.13. The summed E-state index contributed by atoms with van der Waals surface area (Å²) in [7, 11) is -0.732. The summed E-state index contributed by atoms with van der Waals surface area (Å²) in [5.74, 6) is 1.53. The van der Waals surface area contributed by atoms with Gasteiger partial charge in [0.05, 0.1) is 20.4 Å². The van der Waals surface area contributed by atoms with E-state index in [-0.39, 0.29) is 6.16 Å². The predicted molar refractivity (Wildman–Crippen MR) is 94.1 cm³/mol. The van der Waals surface area contributed by atoms with Gasteiger partial charge in [0.15, 0.2) is 0 Å². The van der Waals surface area contributed by atoms with Gasteiger partial charge in [-0.25, -0.2) is 0 Å². The molecule has 0 radical (unpaired) electrons. The van der Waals surface area contributed by atoms with Crippen molar-refractivity contribution in [1.29, 1.82) is 0 Å². The molecule has 0 atom stereocenters. The molecule has 0 bridgehead atoms. The van der Waals surface area contributed by atoms with E-state index in [9.17, 15) is 4.57 Å². The fourth-order valence-electron chi connectivity index (χ4n) is 2.99. The van der Waals surface area contributed by atoms with Gasteiger partial charge in [-0.05, 0) is 42.8 Å². The number of methoxy groups -OCH3 is 2. The molecule has 0 aliphatic heterocycles. The van der Waals surface area contributed by atoms with Crippen molar-refractivity contribution in [2.45, 2.75) is 13.0 Å². The molecule has 3 aromatic rings. The quantitative estimate of drug-likeness (QED) is 0.667. The van der Waals surface area contributed by atoms with Crippen molar-refractivity contribution in [2.24, 2.45) is 0 Å². The molecule has 1 heterocycles. The summed E-state index contributed by atoms with van der Waals surface area (Å²) in [6, 6.07) is 11.7. The van der Waals surface area contributed by atoms with Gasteiger partial charge in [0.2, 0.25) is 0 Å². The summed E-state index contributed by atoms with van der Waals surface area (Å²) in [5.41, 5.74) is 2.01. The molecular weight excluding hydrogens is 329 g/mol. The maximum Gasteiger partial charge on any atom is 0.325 e. The molecule has 0 unspecified atom stereocenters. The Hall–Kier alpha value is -2.01. The van der Waals surface area contributed by atoms with Crippen LogP contribution in [0, 0.1) is 0 Å². The van der Waals surface area contributed by atoms with Crippen molar-refractivity contribution < 1.29 is 23.8 Å². The molecule has 0 aliphatic rings. The third kappa shape index (κ3) is 3.26. The third-order valence-corrected chi connectivity index (χ3v) is 5.01. The summed E-state index contributed by atoms with van der Waals surface area (Å²) in [6.07, 6.45) is 0.279. The first kappa shape index (κ1) is 16.8. The molecule has 0 aliphatic carbocycles. The van der Waals surface area contributed by atoms with Crippen molar-refractivity contribution in [3.05, 3.63) is 36.4 Å². The monoisotopic (exact) mass is 349 g/mol. The van der Waals surface area contributed by atoms with Gasteiger partial charge in [0.25, 0.3) is 0 Å². The van der Waals surface area contributed by atoms with E-state index in [2.05, 4.69) is 4.57 Å². The van der Waals surface area contributed by atoms with Crippen LogP contribution in [0.1, 0.15) is 6.42 Å². The molecule has 2 aromatic carbocycles. The zero-order valence-electron chi connectivity index (χ0n) is 13.6. The van der Waals surface area contributed by atoms with E-state index < -0.39 is 7.60 Å². The highest BCUT2D eigenvalue weighted by molar-refractivity contribution is 7.51. The highest BCUT2D eigenvalue weighted by Crippen LogP contribution is 2.37. The minimum absolute atomic E-state index is 0.125. The molecule has 2 N–H and O–H groups in total. The van der Waals surface area contributed by atoms with Crippen LogP contribution in [-0.4, -0.2) is 34.7 Å². The van der Waals surface area contributed by atoms with Gasteiger partial charge in [-0.3, -0.25) is 4.57 Å². The van der Waals surface area contributed by atoms with Crippen LogP contribution >= 0.6 is 7.60 Å². The number of nitrogens with zero attached hydrogens (tertiary/aromatic N) is 1. The summed E-state index contributed by atoms with van der Waals surface area (Å²) < 4.78 is 23.8. The second-order valence-corrected chi connectivity index (χ2v) is 7.44. The van der Waals surface area contributed by atoms with Crippen LogP contribution in [0.15, 0.2) is 36.4 Å². The molecule has 128 valence electrons. The number of hydrogen-bond acceptors (Lipinski definition) is 3. The first-order chi connectivity index (χ1) is 11.4. The second-order valence-electron chi connectivity index (χ2n) is 5.66. The van der Waals surface area contributed by atoms with Crippen molar-refractivity contribution in [3.63, 3.8) is 0 Å². The number of aromatic nitrogens is 1. The Labute approximate surface area is 139 Å². The lowest BCUT2D eigenvalue weighted by atomic mass is 10.1. The van der Waals surface area contributed by atoms with Gasteiger partial charge < -0.3 is 23.8 Å².